The first kappa shape index (κ1) is 23.6. The van der Waals surface area contributed by atoms with E-state index in [0.717, 1.165) is 61.3 Å². The fraction of sp³-hybridized carbons (Fsp3) is 0.385. The molecule has 2 saturated heterocycles. The van der Waals surface area contributed by atoms with Gasteiger partial charge in [0.1, 0.15) is 17.6 Å². The van der Waals surface area contributed by atoms with Crippen LogP contribution in [0.1, 0.15) is 54.7 Å². The van der Waals surface area contributed by atoms with Crippen LogP contribution < -0.4 is 15.7 Å². The highest BCUT2D eigenvalue weighted by Crippen LogP contribution is 2.46. The Hall–Kier alpha value is -2.78. The average molecular weight is 529 g/mol. The Bertz CT molecular complexity index is 1230. The largest absolute Gasteiger partial charge is 0.427 e. The van der Waals surface area contributed by atoms with Crippen LogP contribution in [0.3, 0.4) is 0 Å². The van der Waals surface area contributed by atoms with Crippen molar-refractivity contribution in [2.24, 2.45) is 0 Å². The summed E-state index contributed by atoms with van der Waals surface area (Å²) in [6.07, 6.45) is 3.39. The second-order valence-corrected chi connectivity index (χ2v) is 10.2. The molecular formula is C26H26Cl2N4O4. The van der Waals surface area contributed by atoms with Gasteiger partial charge >= 0.3 is 6.09 Å². The summed E-state index contributed by atoms with van der Waals surface area (Å²) in [5.74, 6) is 1.30. The second kappa shape index (κ2) is 9.94. The van der Waals surface area contributed by atoms with Crippen LogP contribution in [0.4, 0.5) is 10.5 Å². The summed E-state index contributed by atoms with van der Waals surface area (Å²) in [6, 6.07) is 13.6. The lowest BCUT2D eigenvalue weighted by molar-refractivity contribution is 0.0246. The van der Waals surface area contributed by atoms with Crippen LogP contribution in [0.15, 0.2) is 47.0 Å². The number of ether oxygens (including phenoxy) is 1. The number of carbonyl (C=O) groups is 1. The van der Waals surface area contributed by atoms with Crippen LogP contribution >= 0.6 is 23.2 Å². The molecule has 36 heavy (non-hydrogen) atoms. The van der Waals surface area contributed by atoms with Crippen molar-refractivity contribution >= 4 is 35.0 Å². The van der Waals surface area contributed by atoms with Crippen LogP contribution in [0.5, 0.6) is 0 Å². The zero-order valence-corrected chi connectivity index (χ0v) is 21.0. The molecule has 1 unspecified atom stereocenters. The molecule has 3 aromatic rings. The highest BCUT2D eigenvalue weighted by Gasteiger charge is 2.34. The molecule has 1 amide bonds. The number of amides is 1. The molecule has 0 bridgehead atoms. The van der Waals surface area contributed by atoms with Gasteiger partial charge in [0.15, 0.2) is 0 Å². The topological polar surface area (TPSA) is 88.9 Å². The molecule has 0 radical (unpaired) electrons. The molecule has 188 valence electrons. The molecule has 2 aliphatic heterocycles. The van der Waals surface area contributed by atoms with E-state index in [9.17, 15) is 4.79 Å². The quantitative estimate of drug-likeness (QED) is 0.391. The van der Waals surface area contributed by atoms with E-state index in [1.807, 2.05) is 30.3 Å². The Balaban J connectivity index is 1.09. The molecule has 0 spiro atoms. The van der Waals surface area contributed by atoms with E-state index in [1.165, 1.54) is 0 Å². The number of hydrogen-bond acceptors (Lipinski definition) is 7. The molecule has 6 rings (SSSR count). The van der Waals surface area contributed by atoms with Crippen molar-refractivity contribution < 1.29 is 18.9 Å². The highest BCUT2D eigenvalue weighted by molar-refractivity contribution is 6.39. The summed E-state index contributed by atoms with van der Waals surface area (Å²) in [5, 5.41) is 8.17. The first-order valence-electron chi connectivity index (χ1n) is 12.2. The minimum atomic E-state index is -0.469. The van der Waals surface area contributed by atoms with Crippen LogP contribution in [0.2, 0.25) is 10.0 Å². The smallest absolute Gasteiger partial charge is 0.373 e. The van der Waals surface area contributed by atoms with E-state index >= 15 is 0 Å². The van der Waals surface area contributed by atoms with Gasteiger partial charge < -0.3 is 19.0 Å². The minimum Gasteiger partial charge on any atom is -0.373 e. The molecule has 2 aromatic carbocycles. The highest BCUT2D eigenvalue weighted by atomic mass is 35.5. The lowest BCUT2D eigenvalue weighted by Crippen LogP contribution is -2.37. The van der Waals surface area contributed by atoms with Crippen LogP contribution in [-0.2, 0) is 16.2 Å². The van der Waals surface area contributed by atoms with Crippen molar-refractivity contribution in [3.05, 3.63) is 69.4 Å². The van der Waals surface area contributed by atoms with Gasteiger partial charge in [-0.25, -0.2) is 4.79 Å². The van der Waals surface area contributed by atoms with Gasteiger partial charge in [-0.3, -0.25) is 5.32 Å². The monoisotopic (exact) mass is 528 g/mol. The maximum absolute atomic E-state index is 11.2. The van der Waals surface area contributed by atoms with Crippen molar-refractivity contribution in [3.8, 4) is 11.3 Å². The number of rotatable bonds is 7. The van der Waals surface area contributed by atoms with E-state index in [4.69, 9.17) is 37.3 Å². The number of aromatic nitrogens is 1. The third-order valence-electron chi connectivity index (χ3n) is 6.99. The van der Waals surface area contributed by atoms with Gasteiger partial charge in [-0.1, -0.05) is 46.6 Å². The zero-order valence-electron chi connectivity index (χ0n) is 19.5. The number of hydroxylamine groups is 1. The van der Waals surface area contributed by atoms with E-state index in [-0.39, 0.29) is 12.3 Å². The number of nitrogens with zero attached hydrogens (tertiary/aromatic N) is 2. The van der Waals surface area contributed by atoms with Gasteiger partial charge in [-0.2, -0.15) is 0 Å². The van der Waals surface area contributed by atoms with Crippen molar-refractivity contribution in [3.63, 3.8) is 0 Å². The van der Waals surface area contributed by atoms with E-state index < -0.39 is 6.09 Å². The summed E-state index contributed by atoms with van der Waals surface area (Å²) in [7, 11) is 0. The van der Waals surface area contributed by atoms with Gasteiger partial charge in [0.05, 0.1) is 22.8 Å². The average Bonchev–Trinajstić information content (AvgIpc) is 3.51. The predicted octanol–water partition coefficient (Wildman–Crippen LogP) is 5.95. The standard InChI is InChI=1S/C26H26Cl2N4O4/c27-20-2-1-3-21(28)22(20)23-19(24(35-30-23)15-4-5-15)14-34-18-10-12-32(13-11-18)17-8-6-16(7-9-17)25-29-26(33)36-31-25/h1-3,6-9,15,18,25,31H,4-5,10-14H2,(H,29,33). The summed E-state index contributed by atoms with van der Waals surface area (Å²) in [6.45, 7) is 2.22. The Morgan fingerprint density at radius 1 is 1.03 bits per heavy atom. The molecule has 1 aliphatic carbocycles. The van der Waals surface area contributed by atoms with E-state index in [2.05, 4.69) is 33.0 Å². The van der Waals surface area contributed by atoms with Crippen LogP contribution in [0, 0.1) is 0 Å². The molecule has 1 saturated carbocycles. The molecule has 3 aliphatic rings. The number of carbonyl (C=O) groups excluding carboxylic acids is 1. The summed E-state index contributed by atoms with van der Waals surface area (Å²) in [4.78, 5) is 18.3. The van der Waals surface area contributed by atoms with E-state index in [1.54, 1.807) is 0 Å². The molecule has 10 heteroatoms. The van der Waals surface area contributed by atoms with Crippen LogP contribution in [-0.4, -0.2) is 30.4 Å². The Labute approximate surface area is 218 Å². The molecule has 3 fully saturated rings. The summed E-state index contributed by atoms with van der Waals surface area (Å²) in [5.41, 5.74) is 7.11. The van der Waals surface area contributed by atoms with Gasteiger partial charge in [0, 0.05) is 35.8 Å². The number of anilines is 1. The third-order valence-corrected chi connectivity index (χ3v) is 7.62. The Morgan fingerprint density at radius 2 is 1.75 bits per heavy atom. The van der Waals surface area contributed by atoms with Gasteiger partial charge in [0.2, 0.25) is 0 Å². The zero-order chi connectivity index (χ0) is 24.6. The number of hydrogen-bond donors (Lipinski definition) is 2. The molecule has 2 N–H and O–H groups in total. The number of nitrogens with one attached hydrogen (secondary N) is 2. The normalized spacial score (nSPS) is 20.4. The van der Waals surface area contributed by atoms with E-state index in [0.29, 0.717) is 33.8 Å². The summed E-state index contributed by atoms with van der Waals surface area (Å²) < 4.78 is 12.2. The Kier molecular flexibility index (Phi) is 6.52. The molecule has 3 heterocycles. The molecular weight excluding hydrogens is 503 g/mol. The molecule has 8 nitrogen and oxygen atoms in total. The predicted molar refractivity (Wildman–Crippen MR) is 136 cm³/mol. The van der Waals surface area contributed by atoms with Crippen molar-refractivity contribution in [2.75, 3.05) is 18.0 Å². The fourth-order valence-corrected chi connectivity index (χ4v) is 5.42. The third kappa shape index (κ3) is 4.78. The first-order valence-corrected chi connectivity index (χ1v) is 12.9. The lowest BCUT2D eigenvalue weighted by Gasteiger charge is -2.33. The van der Waals surface area contributed by atoms with Crippen molar-refractivity contribution in [1.29, 1.82) is 0 Å². The van der Waals surface area contributed by atoms with Crippen molar-refractivity contribution in [1.82, 2.24) is 16.0 Å². The van der Waals surface area contributed by atoms with Gasteiger partial charge in [-0.15, -0.1) is 5.48 Å². The number of piperidine rings is 1. The lowest BCUT2D eigenvalue weighted by atomic mass is 10.0. The fourth-order valence-electron chi connectivity index (χ4n) is 4.85. The SMILES string of the molecule is O=C1NC(c2ccc(N3CCC(OCc4c(-c5c(Cl)cccc5Cl)noc4C4CC4)CC3)cc2)NO1. The van der Waals surface area contributed by atoms with Gasteiger partial charge in [0.25, 0.3) is 0 Å². The summed E-state index contributed by atoms with van der Waals surface area (Å²) >= 11 is 13.0. The minimum absolute atomic E-state index is 0.145. The maximum Gasteiger partial charge on any atom is 0.427 e. The second-order valence-electron chi connectivity index (χ2n) is 9.42. The first-order chi connectivity index (χ1) is 17.6. The Morgan fingerprint density at radius 3 is 2.39 bits per heavy atom. The maximum atomic E-state index is 11.2. The molecule has 1 atom stereocenters. The number of halogens is 2. The molecule has 1 aromatic heterocycles. The van der Waals surface area contributed by atoms with Crippen LogP contribution in [0.25, 0.3) is 11.3 Å². The number of benzene rings is 2. The van der Waals surface area contributed by atoms with Gasteiger partial charge in [-0.05, 0) is 55.5 Å². The van der Waals surface area contributed by atoms with Crippen molar-refractivity contribution in [2.45, 2.75) is 50.5 Å².